The van der Waals surface area contributed by atoms with Crippen LogP contribution in [-0.4, -0.2) is 9.97 Å². The van der Waals surface area contributed by atoms with E-state index in [2.05, 4.69) is 22.1 Å². The summed E-state index contributed by atoms with van der Waals surface area (Å²) in [7, 11) is 0. The zero-order chi connectivity index (χ0) is 18.3. The molecule has 0 aliphatic carbocycles. The van der Waals surface area contributed by atoms with Gasteiger partial charge < -0.3 is 0 Å². The van der Waals surface area contributed by atoms with E-state index in [-0.39, 0.29) is 0 Å². The van der Waals surface area contributed by atoms with Crippen molar-refractivity contribution in [1.82, 2.24) is 9.97 Å². The fraction of sp³-hybridized carbons (Fsp3) is 0. The number of pyridine rings is 2. The van der Waals surface area contributed by atoms with Crippen LogP contribution in [0.5, 0.6) is 0 Å². The van der Waals surface area contributed by atoms with Crippen molar-refractivity contribution in [2.45, 2.75) is 9.79 Å². The van der Waals surface area contributed by atoms with Crippen molar-refractivity contribution in [1.29, 1.82) is 0 Å². The van der Waals surface area contributed by atoms with Gasteiger partial charge in [0.25, 0.3) is 0 Å². The van der Waals surface area contributed by atoms with Gasteiger partial charge in [0.2, 0.25) is 0 Å². The van der Waals surface area contributed by atoms with Crippen LogP contribution in [0.1, 0.15) is 0 Å². The summed E-state index contributed by atoms with van der Waals surface area (Å²) in [5, 5.41) is 0. The van der Waals surface area contributed by atoms with E-state index >= 15 is 0 Å². The molecule has 0 N–H and O–H groups in total. The predicted octanol–water partition coefficient (Wildman–Crippen LogP) is 6.54. The summed E-state index contributed by atoms with van der Waals surface area (Å²) in [5.74, 6) is 0. The molecule has 3 nitrogen and oxygen atoms in total. The smallest absolute Gasteiger partial charge is 0.0714 e. The predicted molar refractivity (Wildman–Crippen MR) is 112 cm³/mol. The van der Waals surface area contributed by atoms with Crippen LogP contribution in [0.3, 0.4) is 0 Å². The van der Waals surface area contributed by atoms with Gasteiger partial charge in [-0.3, -0.25) is 9.97 Å². The topological polar surface area (TPSA) is 35.0 Å². The van der Waals surface area contributed by atoms with Crippen LogP contribution in [0.4, 0.5) is 0 Å². The average Bonchev–Trinajstić information content (AvgIpc) is 2.76. The van der Waals surface area contributed by atoms with Crippen LogP contribution >= 0.6 is 24.1 Å². The van der Waals surface area contributed by atoms with Crippen molar-refractivity contribution in [2.24, 2.45) is 0 Å². The van der Waals surface area contributed by atoms with E-state index in [1.54, 1.807) is 12.4 Å². The molecule has 2 aromatic heterocycles. The van der Waals surface area contributed by atoms with Crippen molar-refractivity contribution >= 4 is 24.1 Å². The summed E-state index contributed by atoms with van der Waals surface area (Å²) in [6, 6.07) is 28.0. The fourth-order valence-corrected chi connectivity index (χ4v) is 4.15. The third kappa shape index (κ3) is 4.39. The number of benzene rings is 2. The van der Waals surface area contributed by atoms with Crippen LogP contribution in [-0.2, 0) is 3.63 Å². The van der Waals surface area contributed by atoms with E-state index in [1.165, 1.54) is 24.1 Å². The maximum Gasteiger partial charge on any atom is 0.0714 e. The summed E-state index contributed by atoms with van der Waals surface area (Å²) in [6.45, 7) is 0. The van der Waals surface area contributed by atoms with Gasteiger partial charge in [-0.05, 0) is 36.4 Å². The Labute approximate surface area is 167 Å². The van der Waals surface area contributed by atoms with Gasteiger partial charge in [-0.1, -0.05) is 48.5 Å². The maximum atomic E-state index is 5.91. The van der Waals surface area contributed by atoms with Crippen molar-refractivity contribution in [3.63, 3.8) is 0 Å². The van der Waals surface area contributed by atoms with E-state index in [9.17, 15) is 0 Å². The molecular weight excluding hydrogens is 372 g/mol. The minimum atomic E-state index is 0.933. The second kappa shape index (κ2) is 8.86. The van der Waals surface area contributed by atoms with Gasteiger partial charge in [-0.25, -0.2) is 3.63 Å². The highest BCUT2D eigenvalue weighted by Crippen LogP contribution is 2.38. The summed E-state index contributed by atoms with van der Waals surface area (Å²) < 4.78 is 5.91. The highest BCUT2D eigenvalue weighted by molar-refractivity contribution is 8.08. The van der Waals surface area contributed by atoms with Gasteiger partial charge in [0.1, 0.15) is 0 Å². The minimum Gasteiger partial charge on any atom is -0.256 e. The number of rotatable bonds is 6. The summed E-state index contributed by atoms with van der Waals surface area (Å²) in [6.07, 6.45) is 3.60. The largest absolute Gasteiger partial charge is 0.256 e. The molecule has 2 heterocycles. The Bertz CT molecular complexity index is 928. The highest BCUT2D eigenvalue weighted by atomic mass is 32.2. The summed E-state index contributed by atoms with van der Waals surface area (Å²) in [4.78, 5) is 10.9. The fourth-order valence-electron chi connectivity index (χ4n) is 2.64. The van der Waals surface area contributed by atoms with E-state index in [0.717, 1.165) is 32.3 Å². The Hall–Kier alpha value is -2.60. The van der Waals surface area contributed by atoms with E-state index < -0.39 is 0 Å². The quantitative estimate of drug-likeness (QED) is 0.350. The lowest BCUT2D eigenvalue weighted by Gasteiger charge is -2.09. The van der Waals surface area contributed by atoms with Gasteiger partial charge >= 0.3 is 0 Å². The SMILES string of the molecule is c1ccc(-c2ccccc2SOSc2ccccc2-c2ccccn2)nc1. The number of hydrogen-bond acceptors (Lipinski definition) is 5. The molecule has 0 saturated heterocycles. The van der Waals surface area contributed by atoms with Crippen LogP contribution in [0.2, 0.25) is 0 Å². The minimum absolute atomic E-state index is 0.933. The lowest BCUT2D eigenvalue weighted by molar-refractivity contribution is 0.757. The molecule has 132 valence electrons. The first kappa shape index (κ1) is 17.8. The molecule has 0 radical (unpaired) electrons. The number of nitrogens with zero attached hydrogens (tertiary/aromatic N) is 2. The van der Waals surface area contributed by atoms with Crippen LogP contribution in [0, 0.1) is 0 Å². The molecule has 0 aliphatic rings. The lowest BCUT2D eigenvalue weighted by Crippen LogP contribution is -1.86. The Kier molecular flexibility index (Phi) is 5.84. The number of hydrogen-bond donors (Lipinski definition) is 0. The van der Waals surface area contributed by atoms with E-state index in [1.807, 2.05) is 72.8 Å². The molecular formula is C22H16N2OS2. The van der Waals surface area contributed by atoms with Crippen molar-refractivity contribution in [3.05, 3.63) is 97.3 Å². The molecule has 5 heteroatoms. The van der Waals surface area contributed by atoms with Gasteiger partial charge in [0.15, 0.2) is 0 Å². The maximum absolute atomic E-state index is 5.91. The molecule has 0 bridgehead atoms. The Morgan fingerprint density at radius 3 is 1.41 bits per heavy atom. The second-order valence-corrected chi connectivity index (χ2v) is 7.41. The first-order valence-electron chi connectivity index (χ1n) is 8.44. The van der Waals surface area contributed by atoms with Crippen LogP contribution in [0.25, 0.3) is 22.5 Å². The normalized spacial score (nSPS) is 10.7. The molecule has 27 heavy (non-hydrogen) atoms. The Morgan fingerprint density at radius 2 is 0.963 bits per heavy atom. The standard InChI is InChI=1S/C22H16N2OS2/c1-3-13-21(17(9-1)19-11-5-7-15-23-19)26-25-27-22-14-4-2-10-18(22)20-12-6-8-16-24-20/h1-16H. The molecule has 0 amide bonds. The third-order valence-corrected chi connectivity index (χ3v) is 5.52. The molecule has 2 aromatic carbocycles. The molecule has 0 fully saturated rings. The van der Waals surface area contributed by atoms with Crippen LogP contribution in [0.15, 0.2) is 107 Å². The first-order chi connectivity index (χ1) is 13.4. The van der Waals surface area contributed by atoms with Crippen molar-refractivity contribution in [2.75, 3.05) is 0 Å². The van der Waals surface area contributed by atoms with Gasteiger partial charge in [0.05, 0.1) is 11.4 Å². The zero-order valence-corrected chi connectivity index (χ0v) is 16.0. The molecule has 4 rings (SSSR count). The first-order valence-corrected chi connectivity index (χ1v) is 9.92. The van der Waals surface area contributed by atoms with E-state index in [0.29, 0.717) is 0 Å². The van der Waals surface area contributed by atoms with E-state index in [4.69, 9.17) is 3.63 Å². The third-order valence-electron chi connectivity index (χ3n) is 3.90. The summed E-state index contributed by atoms with van der Waals surface area (Å²) >= 11 is 2.69. The van der Waals surface area contributed by atoms with Gasteiger partial charge in [-0.2, -0.15) is 0 Å². The second-order valence-electron chi connectivity index (χ2n) is 5.66. The monoisotopic (exact) mass is 388 g/mol. The Morgan fingerprint density at radius 1 is 0.519 bits per heavy atom. The van der Waals surface area contributed by atoms with Crippen molar-refractivity contribution < 1.29 is 3.63 Å². The van der Waals surface area contributed by atoms with Gasteiger partial charge in [0, 0.05) is 57.4 Å². The molecule has 0 aliphatic heterocycles. The van der Waals surface area contributed by atoms with Gasteiger partial charge in [-0.15, -0.1) is 0 Å². The molecule has 0 spiro atoms. The molecule has 0 saturated carbocycles. The molecule has 0 atom stereocenters. The Balaban J connectivity index is 1.51. The van der Waals surface area contributed by atoms with Crippen LogP contribution < -0.4 is 0 Å². The highest BCUT2D eigenvalue weighted by Gasteiger charge is 2.10. The molecule has 4 aromatic rings. The summed E-state index contributed by atoms with van der Waals surface area (Å²) in [5.41, 5.74) is 3.98. The molecule has 0 unspecified atom stereocenters. The zero-order valence-electron chi connectivity index (χ0n) is 14.4. The lowest BCUT2D eigenvalue weighted by atomic mass is 10.1. The number of aromatic nitrogens is 2. The van der Waals surface area contributed by atoms with Crippen molar-refractivity contribution in [3.8, 4) is 22.5 Å². The average molecular weight is 389 g/mol.